The fourth-order valence-electron chi connectivity index (χ4n) is 2.87. The molecule has 0 radical (unpaired) electrons. The van der Waals surface area contributed by atoms with E-state index in [9.17, 15) is 0 Å². The van der Waals surface area contributed by atoms with E-state index in [0.29, 0.717) is 6.61 Å². The minimum atomic E-state index is 0.637. The van der Waals surface area contributed by atoms with Crippen LogP contribution in [0.3, 0.4) is 0 Å². The molecule has 0 N–H and O–H groups in total. The number of aryl methyl sites for hydroxylation is 1. The Morgan fingerprint density at radius 1 is 1.09 bits per heavy atom. The van der Waals surface area contributed by atoms with Gasteiger partial charge in [-0.1, -0.05) is 42.5 Å². The van der Waals surface area contributed by atoms with Gasteiger partial charge in [-0.25, -0.2) is 0 Å². The molecule has 1 heterocycles. The zero-order chi connectivity index (χ0) is 15.5. The molecule has 2 aromatic carbocycles. The summed E-state index contributed by atoms with van der Waals surface area (Å²) < 4.78 is 6.06. The van der Waals surface area contributed by atoms with E-state index in [4.69, 9.17) is 4.74 Å². The summed E-state index contributed by atoms with van der Waals surface area (Å²) in [5.41, 5.74) is 6.29. The molecule has 0 spiro atoms. The lowest BCUT2D eigenvalue weighted by atomic mass is 9.93. The Morgan fingerprint density at radius 3 is 2.73 bits per heavy atom. The predicted molar refractivity (Wildman–Crippen MR) is 92.2 cm³/mol. The maximum atomic E-state index is 6.06. The van der Waals surface area contributed by atoms with E-state index in [0.717, 1.165) is 18.7 Å². The summed E-state index contributed by atoms with van der Waals surface area (Å²) in [4.78, 5) is 2.21. The molecule has 1 aliphatic rings. The number of rotatable bonds is 3. The summed E-state index contributed by atoms with van der Waals surface area (Å²) in [6.45, 7) is 3.79. The van der Waals surface area contributed by atoms with Crippen molar-refractivity contribution in [1.29, 1.82) is 0 Å². The second kappa shape index (κ2) is 6.37. The summed E-state index contributed by atoms with van der Waals surface area (Å²) in [7, 11) is 4.22. The number of hydrogen-bond donors (Lipinski definition) is 0. The van der Waals surface area contributed by atoms with Crippen LogP contribution in [0.2, 0.25) is 0 Å². The van der Waals surface area contributed by atoms with Crippen LogP contribution in [0.4, 0.5) is 0 Å². The molecule has 0 atom stereocenters. The molecule has 0 aliphatic carbocycles. The average molecular weight is 293 g/mol. The highest BCUT2D eigenvalue weighted by Gasteiger charge is 2.18. The van der Waals surface area contributed by atoms with Crippen molar-refractivity contribution in [1.82, 2.24) is 4.90 Å². The normalized spacial score (nSPS) is 15.2. The van der Waals surface area contributed by atoms with Gasteiger partial charge in [0.2, 0.25) is 0 Å². The van der Waals surface area contributed by atoms with Crippen molar-refractivity contribution in [3.05, 3.63) is 70.8 Å². The van der Waals surface area contributed by atoms with Crippen LogP contribution >= 0.6 is 0 Å². The Balaban J connectivity index is 2.08. The third kappa shape index (κ3) is 3.07. The summed E-state index contributed by atoms with van der Waals surface area (Å²) in [6.07, 6.45) is 3.38. The highest BCUT2D eigenvalue weighted by molar-refractivity contribution is 5.85. The lowest BCUT2D eigenvalue weighted by Crippen LogP contribution is -2.12. The van der Waals surface area contributed by atoms with E-state index in [1.165, 1.54) is 27.8 Å². The highest BCUT2D eigenvalue weighted by Crippen LogP contribution is 2.37. The first-order valence-electron chi connectivity index (χ1n) is 7.82. The minimum Gasteiger partial charge on any atom is -0.488 e. The van der Waals surface area contributed by atoms with Crippen LogP contribution in [0, 0.1) is 6.92 Å². The molecule has 0 unspecified atom stereocenters. The van der Waals surface area contributed by atoms with E-state index in [1.54, 1.807) is 0 Å². The number of ether oxygens (including phenoxy) is 1. The van der Waals surface area contributed by atoms with Crippen LogP contribution in [0.1, 0.15) is 28.7 Å². The molecule has 0 saturated heterocycles. The van der Waals surface area contributed by atoms with Crippen LogP contribution in [-0.2, 0) is 6.61 Å². The van der Waals surface area contributed by atoms with Crippen molar-refractivity contribution in [2.45, 2.75) is 20.0 Å². The van der Waals surface area contributed by atoms with Crippen LogP contribution in [0.5, 0.6) is 5.75 Å². The molecule has 0 fully saturated rings. The van der Waals surface area contributed by atoms with Crippen LogP contribution in [0.25, 0.3) is 5.57 Å². The summed E-state index contributed by atoms with van der Waals surface area (Å²) in [6, 6.07) is 15.0. The Labute approximate surface area is 133 Å². The zero-order valence-corrected chi connectivity index (χ0v) is 13.6. The predicted octanol–water partition coefficient (Wildman–Crippen LogP) is 4.27. The molecule has 3 rings (SSSR count). The molecule has 114 valence electrons. The first-order valence-corrected chi connectivity index (χ1v) is 7.82. The molecule has 0 saturated carbocycles. The topological polar surface area (TPSA) is 12.5 Å². The third-order valence-corrected chi connectivity index (χ3v) is 4.04. The fraction of sp³-hybridized carbons (Fsp3) is 0.300. The van der Waals surface area contributed by atoms with Gasteiger partial charge in [-0.05, 0) is 55.8 Å². The van der Waals surface area contributed by atoms with E-state index >= 15 is 0 Å². The number of nitrogens with zero attached hydrogens (tertiary/aromatic N) is 1. The van der Waals surface area contributed by atoms with Crippen molar-refractivity contribution >= 4 is 5.57 Å². The number of fused-ring (bicyclic) bond motifs is 2. The van der Waals surface area contributed by atoms with Gasteiger partial charge >= 0.3 is 0 Å². The standard InChI is InChI=1S/C20H23NO/c1-15-10-11-19-18(9-6-12-21(2)3)17-8-5-4-7-16(17)14-22-20(19)13-15/h4-5,7-11,13H,6,12,14H2,1-3H3/b18-9+. The summed E-state index contributed by atoms with van der Waals surface area (Å²) in [5, 5.41) is 0. The van der Waals surface area contributed by atoms with Gasteiger partial charge in [0.05, 0.1) is 0 Å². The van der Waals surface area contributed by atoms with Crippen LogP contribution < -0.4 is 4.74 Å². The van der Waals surface area contributed by atoms with Crippen molar-refractivity contribution in [2.75, 3.05) is 20.6 Å². The Morgan fingerprint density at radius 2 is 1.91 bits per heavy atom. The van der Waals surface area contributed by atoms with Gasteiger partial charge in [0.1, 0.15) is 12.4 Å². The SMILES string of the molecule is Cc1ccc2c(c1)OCc1ccccc1/C2=C\CCN(C)C. The summed E-state index contributed by atoms with van der Waals surface area (Å²) in [5.74, 6) is 0.993. The van der Waals surface area contributed by atoms with Gasteiger partial charge in [-0.3, -0.25) is 0 Å². The fourth-order valence-corrected chi connectivity index (χ4v) is 2.87. The molecule has 1 aliphatic heterocycles. The van der Waals surface area contributed by atoms with Gasteiger partial charge < -0.3 is 9.64 Å². The second-order valence-electron chi connectivity index (χ2n) is 6.16. The Hall–Kier alpha value is -2.06. The highest BCUT2D eigenvalue weighted by atomic mass is 16.5. The second-order valence-corrected chi connectivity index (χ2v) is 6.16. The molecular formula is C20H23NO. The van der Waals surface area contributed by atoms with Gasteiger partial charge in [0.15, 0.2) is 0 Å². The quantitative estimate of drug-likeness (QED) is 0.838. The maximum Gasteiger partial charge on any atom is 0.127 e. The maximum absolute atomic E-state index is 6.06. The first kappa shape index (κ1) is 14.9. The first-order chi connectivity index (χ1) is 10.6. The molecule has 2 heteroatoms. The van der Waals surface area contributed by atoms with Crippen molar-refractivity contribution in [3.8, 4) is 5.75 Å². The van der Waals surface area contributed by atoms with Crippen molar-refractivity contribution in [3.63, 3.8) is 0 Å². The van der Waals surface area contributed by atoms with E-state index in [1.807, 2.05) is 0 Å². The van der Waals surface area contributed by atoms with Gasteiger partial charge in [0.25, 0.3) is 0 Å². The lowest BCUT2D eigenvalue weighted by Gasteiger charge is -2.12. The monoisotopic (exact) mass is 293 g/mol. The smallest absolute Gasteiger partial charge is 0.127 e. The number of hydrogen-bond acceptors (Lipinski definition) is 2. The Kier molecular flexibility index (Phi) is 4.30. The molecule has 22 heavy (non-hydrogen) atoms. The molecule has 2 aromatic rings. The van der Waals surface area contributed by atoms with E-state index < -0.39 is 0 Å². The lowest BCUT2D eigenvalue weighted by molar-refractivity contribution is 0.307. The summed E-state index contributed by atoms with van der Waals surface area (Å²) >= 11 is 0. The van der Waals surface area contributed by atoms with Gasteiger partial charge in [-0.2, -0.15) is 0 Å². The minimum absolute atomic E-state index is 0.637. The molecule has 2 nitrogen and oxygen atoms in total. The molecular weight excluding hydrogens is 270 g/mol. The average Bonchev–Trinajstić information content (AvgIpc) is 2.64. The van der Waals surface area contributed by atoms with Gasteiger partial charge in [0, 0.05) is 12.1 Å². The van der Waals surface area contributed by atoms with Crippen molar-refractivity contribution < 1.29 is 4.74 Å². The van der Waals surface area contributed by atoms with E-state index in [2.05, 4.69) is 74.5 Å². The molecule has 0 aromatic heterocycles. The van der Waals surface area contributed by atoms with E-state index in [-0.39, 0.29) is 0 Å². The largest absolute Gasteiger partial charge is 0.488 e. The number of benzene rings is 2. The molecule has 0 bridgehead atoms. The third-order valence-electron chi connectivity index (χ3n) is 4.04. The van der Waals surface area contributed by atoms with Gasteiger partial charge in [-0.15, -0.1) is 0 Å². The zero-order valence-electron chi connectivity index (χ0n) is 13.6. The Bertz CT molecular complexity index is 701. The van der Waals surface area contributed by atoms with Crippen LogP contribution in [0.15, 0.2) is 48.5 Å². The van der Waals surface area contributed by atoms with Crippen molar-refractivity contribution in [2.24, 2.45) is 0 Å². The van der Waals surface area contributed by atoms with Crippen LogP contribution in [-0.4, -0.2) is 25.5 Å². The molecule has 0 amide bonds.